The van der Waals surface area contributed by atoms with Crippen molar-refractivity contribution < 1.29 is 8.78 Å². The molecule has 2 rings (SSSR count). The second-order valence-corrected chi connectivity index (χ2v) is 4.77. The normalized spacial score (nSPS) is 10.4. The van der Waals surface area contributed by atoms with Crippen molar-refractivity contribution in [3.63, 3.8) is 0 Å². The lowest BCUT2D eigenvalue weighted by atomic mass is 10.1. The molecule has 0 bridgehead atoms. The second-order valence-electron chi connectivity index (χ2n) is 3.92. The van der Waals surface area contributed by atoms with Crippen LogP contribution in [0.2, 0.25) is 0 Å². The minimum absolute atomic E-state index is 0.0832. The van der Waals surface area contributed by atoms with E-state index in [1.165, 1.54) is 12.1 Å². The fraction of sp³-hybridized carbons (Fsp3) is 0.0769. The molecule has 5 heteroatoms. The molecular weight excluding hydrogens is 302 g/mol. The third-order valence-electron chi connectivity index (χ3n) is 2.58. The summed E-state index contributed by atoms with van der Waals surface area (Å²) in [5.74, 6) is -1.79. The lowest BCUT2D eigenvalue weighted by Gasteiger charge is -2.12. The summed E-state index contributed by atoms with van der Waals surface area (Å²) < 4.78 is 27.3. The minimum atomic E-state index is -0.904. The lowest BCUT2D eigenvalue weighted by molar-refractivity contribution is 0.512. The average molecular weight is 313 g/mol. The molecule has 0 heterocycles. The molecular formula is C13H11BrF2N2. The summed E-state index contributed by atoms with van der Waals surface area (Å²) in [6.07, 6.45) is 0. The van der Waals surface area contributed by atoms with Gasteiger partial charge in [-0.25, -0.2) is 8.78 Å². The largest absolute Gasteiger partial charge is 0.398 e. The Morgan fingerprint density at radius 2 is 1.89 bits per heavy atom. The fourth-order valence-corrected chi connectivity index (χ4v) is 2.00. The van der Waals surface area contributed by atoms with Gasteiger partial charge in [0.25, 0.3) is 0 Å². The van der Waals surface area contributed by atoms with E-state index in [2.05, 4.69) is 21.2 Å². The quantitative estimate of drug-likeness (QED) is 0.808. The second kappa shape index (κ2) is 4.94. The van der Waals surface area contributed by atoms with Crippen LogP contribution in [-0.2, 0) is 0 Å². The maximum absolute atomic E-state index is 13.5. The first kappa shape index (κ1) is 12.8. The van der Waals surface area contributed by atoms with Crippen molar-refractivity contribution in [3.05, 3.63) is 52.0 Å². The molecule has 0 saturated carbocycles. The van der Waals surface area contributed by atoms with Crippen molar-refractivity contribution in [2.24, 2.45) is 0 Å². The number of aryl methyl sites for hydroxylation is 1. The van der Waals surface area contributed by atoms with E-state index in [1.807, 2.05) is 6.92 Å². The SMILES string of the molecule is Cc1cc(Nc2cccc(F)c2F)c(Br)cc1N. The summed E-state index contributed by atoms with van der Waals surface area (Å²) in [7, 11) is 0. The van der Waals surface area contributed by atoms with Crippen molar-refractivity contribution in [1.29, 1.82) is 0 Å². The molecule has 0 atom stereocenters. The van der Waals surface area contributed by atoms with E-state index in [0.717, 1.165) is 11.6 Å². The molecule has 0 aromatic heterocycles. The zero-order valence-corrected chi connectivity index (χ0v) is 11.2. The van der Waals surface area contributed by atoms with E-state index in [9.17, 15) is 8.78 Å². The molecule has 0 aliphatic carbocycles. The number of nitrogens with one attached hydrogen (secondary N) is 1. The summed E-state index contributed by atoms with van der Waals surface area (Å²) in [5.41, 5.74) is 7.95. The fourth-order valence-electron chi connectivity index (χ4n) is 1.54. The van der Waals surface area contributed by atoms with Gasteiger partial charge in [0.1, 0.15) is 0 Å². The van der Waals surface area contributed by atoms with E-state index in [1.54, 1.807) is 12.1 Å². The highest BCUT2D eigenvalue weighted by atomic mass is 79.9. The molecule has 2 nitrogen and oxygen atoms in total. The van der Waals surface area contributed by atoms with Crippen LogP contribution in [0.5, 0.6) is 0 Å². The zero-order chi connectivity index (χ0) is 13.3. The highest BCUT2D eigenvalue weighted by Crippen LogP contribution is 2.31. The number of benzene rings is 2. The molecule has 94 valence electrons. The average Bonchev–Trinajstić information content (AvgIpc) is 2.32. The smallest absolute Gasteiger partial charge is 0.182 e. The summed E-state index contributed by atoms with van der Waals surface area (Å²) in [6, 6.07) is 7.47. The molecule has 0 amide bonds. The molecule has 2 aromatic rings. The van der Waals surface area contributed by atoms with Crippen molar-refractivity contribution >= 4 is 33.0 Å². The molecule has 0 aliphatic heterocycles. The summed E-state index contributed by atoms with van der Waals surface area (Å²) in [4.78, 5) is 0. The topological polar surface area (TPSA) is 38.0 Å². The molecule has 18 heavy (non-hydrogen) atoms. The van der Waals surface area contributed by atoms with Gasteiger partial charge in [0.05, 0.1) is 11.4 Å². The van der Waals surface area contributed by atoms with Gasteiger partial charge >= 0.3 is 0 Å². The van der Waals surface area contributed by atoms with E-state index < -0.39 is 11.6 Å². The first-order chi connectivity index (χ1) is 8.49. The van der Waals surface area contributed by atoms with Crippen LogP contribution in [0.15, 0.2) is 34.8 Å². The van der Waals surface area contributed by atoms with Gasteiger partial charge in [-0.2, -0.15) is 0 Å². The first-order valence-corrected chi connectivity index (χ1v) is 6.05. The predicted octanol–water partition coefficient (Wildman–Crippen LogP) is 4.36. The highest BCUT2D eigenvalue weighted by Gasteiger charge is 2.10. The van der Waals surface area contributed by atoms with Gasteiger partial charge in [-0.15, -0.1) is 0 Å². The molecule has 0 aliphatic rings. The van der Waals surface area contributed by atoms with Crippen molar-refractivity contribution in [2.75, 3.05) is 11.1 Å². The Balaban J connectivity index is 2.40. The third-order valence-corrected chi connectivity index (χ3v) is 3.23. The standard InChI is InChI=1S/C13H11BrF2N2/c1-7-5-12(8(14)6-10(7)17)18-11-4-2-3-9(15)13(11)16/h2-6,18H,17H2,1H3. The number of anilines is 3. The van der Waals surface area contributed by atoms with Gasteiger partial charge in [-0.1, -0.05) is 6.07 Å². The Kier molecular flexibility index (Phi) is 3.52. The Morgan fingerprint density at radius 1 is 1.17 bits per heavy atom. The Bertz CT molecular complexity index is 600. The third kappa shape index (κ3) is 2.46. The molecule has 2 aromatic carbocycles. The number of nitrogens with two attached hydrogens (primary N) is 1. The van der Waals surface area contributed by atoms with Crippen LogP contribution >= 0.6 is 15.9 Å². The minimum Gasteiger partial charge on any atom is -0.398 e. The van der Waals surface area contributed by atoms with Crippen molar-refractivity contribution in [3.8, 4) is 0 Å². The number of halogens is 3. The van der Waals surface area contributed by atoms with Gasteiger partial charge in [0.2, 0.25) is 0 Å². The van der Waals surface area contributed by atoms with Crippen LogP contribution < -0.4 is 11.1 Å². The first-order valence-electron chi connectivity index (χ1n) is 5.25. The number of rotatable bonds is 2. The van der Waals surface area contributed by atoms with Crippen LogP contribution in [0.25, 0.3) is 0 Å². The van der Waals surface area contributed by atoms with Gasteiger partial charge < -0.3 is 11.1 Å². The Hall–Kier alpha value is -1.62. The highest BCUT2D eigenvalue weighted by molar-refractivity contribution is 9.10. The molecule has 0 fully saturated rings. The maximum Gasteiger partial charge on any atom is 0.182 e. The summed E-state index contributed by atoms with van der Waals surface area (Å²) >= 11 is 3.32. The number of hydrogen-bond acceptors (Lipinski definition) is 2. The van der Waals surface area contributed by atoms with Crippen LogP contribution in [-0.4, -0.2) is 0 Å². The lowest BCUT2D eigenvalue weighted by Crippen LogP contribution is -1.99. The van der Waals surface area contributed by atoms with Crippen molar-refractivity contribution in [1.82, 2.24) is 0 Å². The number of nitrogen functional groups attached to an aromatic ring is 1. The summed E-state index contributed by atoms with van der Waals surface area (Å²) in [5, 5.41) is 2.83. The van der Waals surface area contributed by atoms with Crippen LogP contribution in [0, 0.1) is 18.6 Å². The Labute approximate surface area is 112 Å². The van der Waals surface area contributed by atoms with E-state index >= 15 is 0 Å². The number of hydrogen-bond donors (Lipinski definition) is 2. The molecule has 3 N–H and O–H groups in total. The van der Waals surface area contributed by atoms with E-state index in [-0.39, 0.29) is 5.69 Å². The van der Waals surface area contributed by atoms with E-state index in [0.29, 0.717) is 15.8 Å². The van der Waals surface area contributed by atoms with E-state index in [4.69, 9.17) is 5.73 Å². The van der Waals surface area contributed by atoms with Crippen molar-refractivity contribution in [2.45, 2.75) is 6.92 Å². The van der Waals surface area contributed by atoms with Crippen LogP contribution in [0.4, 0.5) is 25.8 Å². The maximum atomic E-state index is 13.5. The molecule has 0 unspecified atom stereocenters. The predicted molar refractivity (Wildman–Crippen MR) is 72.9 cm³/mol. The summed E-state index contributed by atoms with van der Waals surface area (Å²) in [6.45, 7) is 1.84. The monoisotopic (exact) mass is 312 g/mol. The Morgan fingerprint density at radius 3 is 2.61 bits per heavy atom. The molecule has 0 spiro atoms. The molecule has 0 radical (unpaired) electrons. The van der Waals surface area contributed by atoms with Gasteiger partial charge in [0, 0.05) is 10.2 Å². The molecule has 0 saturated heterocycles. The van der Waals surface area contributed by atoms with Crippen LogP contribution in [0.3, 0.4) is 0 Å². The van der Waals surface area contributed by atoms with Crippen LogP contribution in [0.1, 0.15) is 5.56 Å². The zero-order valence-electron chi connectivity index (χ0n) is 9.60. The van der Waals surface area contributed by atoms with Gasteiger partial charge in [0.15, 0.2) is 11.6 Å². The van der Waals surface area contributed by atoms with Gasteiger partial charge in [-0.3, -0.25) is 0 Å². The van der Waals surface area contributed by atoms with Gasteiger partial charge in [-0.05, 0) is 52.7 Å².